The molecule has 4 nitrogen and oxygen atoms in total. The normalized spacial score (nSPS) is 16.1. The second kappa shape index (κ2) is 4.95. The molecule has 1 aliphatic rings. The van der Waals surface area contributed by atoms with E-state index in [0.717, 1.165) is 36.1 Å². The fourth-order valence-corrected chi connectivity index (χ4v) is 3.80. The molecule has 1 saturated heterocycles. The fourth-order valence-electron chi connectivity index (χ4n) is 1.77. The molecule has 2 rings (SSSR count). The number of rotatable bonds is 2. The topological polar surface area (TPSA) is 65.1 Å². The molecule has 0 aliphatic carbocycles. The maximum absolute atomic E-state index is 8.99. The molecule has 1 aromatic heterocycles. The van der Waals surface area contributed by atoms with Gasteiger partial charge in [-0.15, -0.1) is 23.1 Å². The molecule has 2 heterocycles. The molecule has 1 aliphatic heterocycles. The van der Waals surface area contributed by atoms with E-state index in [1.807, 2.05) is 6.26 Å². The van der Waals surface area contributed by atoms with Crippen LogP contribution in [0, 0.1) is 11.3 Å². The van der Waals surface area contributed by atoms with E-state index in [1.165, 1.54) is 11.3 Å². The van der Waals surface area contributed by atoms with E-state index >= 15 is 0 Å². The summed E-state index contributed by atoms with van der Waals surface area (Å²) >= 11 is 3.13. The molecule has 1 fully saturated rings. The van der Waals surface area contributed by atoms with Gasteiger partial charge in [-0.05, 0) is 6.26 Å². The molecule has 0 aromatic carbocycles. The number of hydrogen-bond donors (Lipinski definition) is 2. The van der Waals surface area contributed by atoms with Crippen molar-refractivity contribution in [1.82, 2.24) is 5.32 Å². The fraction of sp³-hybridized carbons (Fsp3) is 0.500. The smallest absolute Gasteiger partial charge is 0.131 e. The number of nitrogens with two attached hydrogens (primary N) is 1. The lowest BCUT2D eigenvalue weighted by molar-refractivity contribution is 0.590. The van der Waals surface area contributed by atoms with Crippen LogP contribution >= 0.6 is 23.1 Å². The lowest BCUT2D eigenvalue weighted by Crippen LogP contribution is -2.43. The van der Waals surface area contributed by atoms with Crippen LogP contribution in [0.25, 0.3) is 0 Å². The van der Waals surface area contributed by atoms with E-state index in [2.05, 4.69) is 16.3 Å². The summed E-state index contributed by atoms with van der Waals surface area (Å²) in [6.45, 7) is 3.96. The van der Waals surface area contributed by atoms with Gasteiger partial charge in [0.05, 0.1) is 10.6 Å². The van der Waals surface area contributed by atoms with E-state index in [1.54, 1.807) is 11.8 Å². The predicted molar refractivity (Wildman–Crippen MR) is 70.3 cm³/mol. The van der Waals surface area contributed by atoms with Crippen LogP contribution in [0.2, 0.25) is 0 Å². The molecule has 0 bridgehead atoms. The molecule has 3 N–H and O–H groups in total. The Bertz CT molecular complexity index is 415. The average molecular weight is 254 g/mol. The number of anilines is 2. The average Bonchev–Trinajstić information content (AvgIpc) is 2.66. The van der Waals surface area contributed by atoms with Crippen LogP contribution in [0.5, 0.6) is 0 Å². The van der Waals surface area contributed by atoms with Gasteiger partial charge in [0.2, 0.25) is 0 Å². The van der Waals surface area contributed by atoms with Crippen molar-refractivity contribution in [3.05, 3.63) is 4.88 Å². The van der Waals surface area contributed by atoms with Crippen LogP contribution in [-0.4, -0.2) is 32.4 Å². The number of nitrogens with zero attached hydrogens (tertiary/aromatic N) is 2. The molecule has 86 valence electrons. The Kier molecular flexibility index (Phi) is 3.59. The largest absolute Gasteiger partial charge is 0.396 e. The van der Waals surface area contributed by atoms with Gasteiger partial charge < -0.3 is 16.0 Å². The minimum atomic E-state index is 0.637. The third-order valence-electron chi connectivity index (χ3n) is 2.59. The molecule has 1 aromatic rings. The van der Waals surface area contributed by atoms with Crippen molar-refractivity contribution >= 4 is 33.8 Å². The second-order valence-electron chi connectivity index (χ2n) is 3.53. The monoisotopic (exact) mass is 254 g/mol. The van der Waals surface area contributed by atoms with Crippen molar-refractivity contribution < 1.29 is 0 Å². The Morgan fingerprint density at radius 2 is 2.19 bits per heavy atom. The summed E-state index contributed by atoms with van der Waals surface area (Å²) in [7, 11) is 0. The zero-order chi connectivity index (χ0) is 11.5. The van der Waals surface area contributed by atoms with Crippen LogP contribution in [-0.2, 0) is 0 Å². The number of thioether (sulfide) groups is 1. The highest BCUT2D eigenvalue weighted by Gasteiger charge is 2.21. The van der Waals surface area contributed by atoms with E-state index < -0.39 is 0 Å². The molecule has 6 heteroatoms. The maximum Gasteiger partial charge on any atom is 0.131 e. The highest BCUT2D eigenvalue weighted by Crippen LogP contribution is 2.43. The van der Waals surface area contributed by atoms with Gasteiger partial charge in [-0.1, -0.05) is 0 Å². The van der Waals surface area contributed by atoms with Crippen LogP contribution in [0.1, 0.15) is 4.88 Å². The molecule has 0 unspecified atom stereocenters. The standard InChI is InChI=1S/C10H14N4S2/c1-15-9-8(12)7(6-11)16-10(9)14-4-2-13-3-5-14/h13H,2-5,12H2,1H3. The van der Waals surface area contributed by atoms with Crippen LogP contribution in [0.4, 0.5) is 10.7 Å². The van der Waals surface area contributed by atoms with E-state index in [-0.39, 0.29) is 0 Å². The number of hydrogen-bond acceptors (Lipinski definition) is 6. The molecule has 0 amide bonds. The summed E-state index contributed by atoms with van der Waals surface area (Å²) in [5.41, 5.74) is 6.60. The Morgan fingerprint density at radius 1 is 1.50 bits per heavy atom. The summed E-state index contributed by atoms with van der Waals surface area (Å²) < 4.78 is 0. The van der Waals surface area contributed by atoms with Crippen molar-refractivity contribution in [2.75, 3.05) is 43.1 Å². The quantitative estimate of drug-likeness (QED) is 0.780. The van der Waals surface area contributed by atoms with Gasteiger partial charge in [-0.3, -0.25) is 0 Å². The van der Waals surface area contributed by atoms with Crippen molar-refractivity contribution in [1.29, 1.82) is 5.26 Å². The van der Waals surface area contributed by atoms with Gasteiger partial charge in [-0.2, -0.15) is 5.26 Å². The Balaban J connectivity index is 2.35. The van der Waals surface area contributed by atoms with Gasteiger partial charge in [0.25, 0.3) is 0 Å². The van der Waals surface area contributed by atoms with Gasteiger partial charge in [0, 0.05) is 26.2 Å². The molecule has 0 saturated carbocycles. The minimum absolute atomic E-state index is 0.637. The van der Waals surface area contributed by atoms with Crippen LogP contribution < -0.4 is 16.0 Å². The van der Waals surface area contributed by atoms with Gasteiger partial charge in [0.1, 0.15) is 15.9 Å². The molecule has 0 spiro atoms. The van der Waals surface area contributed by atoms with E-state index in [9.17, 15) is 0 Å². The Labute approximate surface area is 103 Å². The van der Waals surface area contributed by atoms with Crippen molar-refractivity contribution in [3.63, 3.8) is 0 Å². The first-order valence-electron chi connectivity index (χ1n) is 5.10. The first-order chi connectivity index (χ1) is 7.77. The highest BCUT2D eigenvalue weighted by atomic mass is 32.2. The van der Waals surface area contributed by atoms with Crippen LogP contribution in [0.3, 0.4) is 0 Å². The molecule has 16 heavy (non-hydrogen) atoms. The van der Waals surface area contributed by atoms with Crippen molar-refractivity contribution in [2.24, 2.45) is 0 Å². The number of nitrogens with one attached hydrogen (secondary N) is 1. The van der Waals surface area contributed by atoms with Crippen molar-refractivity contribution in [3.8, 4) is 6.07 Å². The summed E-state index contributed by atoms with van der Waals surface area (Å²) in [6, 6.07) is 2.17. The third kappa shape index (κ3) is 1.98. The molecule has 0 radical (unpaired) electrons. The summed E-state index contributed by atoms with van der Waals surface area (Å²) in [5, 5.41) is 13.5. The number of piperazine rings is 1. The lowest BCUT2D eigenvalue weighted by Gasteiger charge is -2.28. The molecular formula is C10H14N4S2. The summed E-state index contributed by atoms with van der Waals surface area (Å²) in [4.78, 5) is 4.01. The minimum Gasteiger partial charge on any atom is -0.396 e. The van der Waals surface area contributed by atoms with Gasteiger partial charge in [-0.25, -0.2) is 0 Å². The van der Waals surface area contributed by atoms with Crippen LogP contribution in [0.15, 0.2) is 4.90 Å². The second-order valence-corrected chi connectivity index (χ2v) is 5.35. The van der Waals surface area contributed by atoms with Gasteiger partial charge >= 0.3 is 0 Å². The third-order valence-corrected chi connectivity index (χ3v) is 4.71. The number of nitriles is 1. The Morgan fingerprint density at radius 3 is 2.75 bits per heavy atom. The van der Waals surface area contributed by atoms with E-state index in [4.69, 9.17) is 11.0 Å². The van der Waals surface area contributed by atoms with Crippen molar-refractivity contribution in [2.45, 2.75) is 4.90 Å². The molecule has 0 atom stereocenters. The number of thiophene rings is 1. The lowest BCUT2D eigenvalue weighted by atomic mass is 10.3. The zero-order valence-electron chi connectivity index (χ0n) is 9.12. The molecular weight excluding hydrogens is 240 g/mol. The SMILES string of the molecule is CSc1c(N2CCNCC2)sc(C#N)c1N. The summed E-state index contributed by atoms with van der Waals surface area (Å²) in [6.07, 6.45) is 2.01. The maximum atomic E-state index is 8.99. The Hall–Kier alpha value is -0.900. The number of nitrogen functional groups attached to an aromatic ring is 1. The van der Waals surface area contributed by atoms with Gasteiger partial charge in [0.15, 0.2) is 0 Å². The predicted octanol–water partition coefficient (Wildman–Crippen LogP) is 1.33. The van der Waals surface area contributed by atoms with E-state index in [0.29, 0.717) is 10.6 Å². The summed E-state index contributed by atoms with van der Waals surface area (Å²) in [5.74, 6) is 0. The first kappa shape index (κ1) is 11.6. The highest BCUT2D eigenvalue weighted by molar-refractivity contribution is 7.99. The zero-order valence-corrected chi connectivity index (χ0v) is 10.7. The first-order valence-corrected chi connectivity index (χ1v) is 7.14.